The first kappa shape index (κ1) is 53.0. The number of aliphatic hydroxyl groups is 2. The average Bonchev–Trinajstić information content (AvgIpc) is 3.02. The van der Waals surface area contributed by atoms with Crippen molar-refractivity contribution in [1.82, 2.24) is 0 Å². The molecule has 2 radical (unpaired) electrons. The summed E-state index contributed by atoms with van der Waals surface area (Å²) in [6.45, 7) is 0. The number of hydrogen-bond acceptors (Lipinski definition) is 10. The van der Waals surface area contributed by atoms with Crippen LogP contribution in [0.1, 0.15) is 11.1 Å². The molecule has 0 atom stereocenters. The van der Waals surface area contributed by atoms with Crippen LogP contribution in [-0.4, -0.2) is 51.1 Å². The molecule has 0 heterocycles. The van der Waals surface area contributed by atoms with Crippen molar-refractivity contribution < 1.29 is 88.9 Å². The Balaban J connectivity index is -0.000000124. The van der Waals surface area contributed by atoms with Crippen LogP contribution in [0.15, 0.2) is 107 Å². The zero-order chi connectivity index (χ0) is 30.8. The van der Waals surface area contributed by atoms with Gasteiger partial charge in [-0.05, 0) is 23.3 Å². The molecule has 0 amide bonds. The summed E-state index contributed by atoms with van der Waals surface area (Å²) in [7, 11) is 3.50. The topological polar surface area (TPSA) is 261 Å². The maximum atomic E-state index is 11.4. The Morgan fingerprint density at radius 3 is 0.909 bits per heavy atom. The standard InChI is InChI=1S/2C13H11NO2.2CH4O.2CH3O.2O.2V/c2*15-12-7-3-1-5-10(12)9-14-11-6-2-4-8-13(11)16;4*1-2;;;;/h2*1-9,15-16H;2*2H,1H3;2*1H3;;;;/q;;;;2*-1;2*-2;;/p-4. The fraction of sp³-hybridized carbons (Fsp3) is 0.133. The number of aliphatic hydroxyl groups excluding tert-OH is 2. The van der Waals surface area contributed by atoms with Crippen LogP contribution in [0.3, 0.4) is 0 Å². The van der Waals surface area contributed by atoms with Crippen molar-refractivity contribution in [2.24, 2.45) is 9.98 Å². The van der Waals surface area contributed by atoms with E-state index in [2.05, 4.69) is 9.98 Å². The Morgan fingerprint density at radius 2 is 0.659 bits per heavy atom. The number of hydrogen-bond donors (Lipinski definition) is 2. The van der Waals surface area contributed by atoms with E-state index in [1.807, 2.05) is 0 Å². The van der Waals surface area contributed by atoms with Crippen LogP contribution in [0.25, 0.3) is 0 Å². The van der Waals surface area contributed by atoms with Crippen LogP contribution >= 0.6 is 0 Å². The van der Waals surface area contributed by atoms with Gasteiger partial charge in [-0.3, -0.25) is 9.98 Å². The van der Waals surface area contributed by atoms with Gasteiger partial charge in [-0.25, -0.2) is 0 Å². The largest absolute Gasteiger partial charge is 2.00 e. The van der Waals surface area contributed by atoms with Crippen molar-refractivity contribution in [2.75, 3.05) is 28.4 Å². The minimum Gasteiger partial charge on any atom is -2.00 e. The summed E-state index contributed by atoms with van der Waals surface area (Å²) >= 11 is 0. The molecule has 0 unspecified atom stereocenters. The van der Waals surface area contributed by atoms with E-state index in [1.54, 1.807) is 72.8 Å². The first-order chi connectivity index (χ1) is 19.5. The van der Waals surface area contributed by atoms with E-state index in [9.17, 15) is 20.4 Å². The van der Waals surface area contributed by atoms with Crippen LogP contribution in [0, 0.1) is 0 Å². The first-order valence-electron chi connectivity index (χ1n) is 11.4. The number of rotatable bonds is 4. The summed E-state index contributed by atoms with van der Waals surface area (Å²) < 4.78 is 0. The Hall–Kier alpha value is -3.65. The number of benzene rings is 4. The van der Waals surface area contributed by atoms with E-state index in [4.69, 9.17) is 20.4 Å². The summed E-state index contributed by atoms with van der Waals surface area (Å²) in [4.78, 5) is 8.00. The molecular formula is C30H32N2O10V2-10. The zero-order valence-corrected chi connectivity index (χ0v) is 27.1. The quantitative estimate of drug-likeness (QED) is 0.278. The van der Waals surface area contributed by atoms with Crippen molar-refractivity contribution >= 4 is 23.8 Å². The monoisotopic (exact) mass is 682 g/mol. The van der Waals surface area contributed by atoms with Crippen LogP contribution in [0.5, 0.6) is 23.0 Å². The molecule has 4 aromatic rings. The molecule has 0 aromatic heterocycles. The van der Waals surface area contributed by atoms with Crippen molar-refractivity contribution in [3.05, 3.63) is 108 Å². The van der Waals surface area contributed by atoms with E-state index in [-0.39, 0.29) is 71.1 Å². The van der Waals surface area contributed by atoms with Crippen LogP contribution in [-0.2, 0) is 48.1 Å². The van der Waals surface area contributed by atoms with Gasteiger partial charge in [0.15, 0.2) is 0 Å². The average molecular weight is 682 g/mol. The maximum Gasteiger partial charge on any atom is 0.0551 e. The fourth-order valence-electron chi connectivity index (χ4n) is 2.58. The third-order valence-corrected chi connectivity index (χ3v) is 4.25. The Kier molecular flexibility index (Phi) is 42.8. The molecule has 0 bridgehead atoms. The summed E-state index contributed by atoms with van der Waals surface area (Å²) in [6.07, 6.45) is 2.83. The van der Waals surface area contributed by atoms with Gasteiger partial charge in [-0.2, -0.15) is 14.2 Å². The summed E-state index contributed by atoms with van der Waals surface area (Å²) in [5, 5.41) is 75.9. The molecular weight excluding hydrogens is 650 g/mol. The minimum atomic E-state index is -0.151. The second-order valence-electron chi connectivity index (χ2n) is 6.53. The van der Waals surface area contributed by atoms with E-state index < -0.39 is 0 Å². The number of aliphatic imine (C=N–C) groups is 2. The summed E-state index contributed by atoms with van der Waals surface area (Å²) in [6, 6.07) is 26.0. The van der Waals surface area contributed by atoms with E-state index in [0.717, 1.165) is 28.4 Å². The molecule has 14 heteroatoms. The SMILES string of the molecule is CO.CO.C[O-].C[O-].[O-2].[O-2].[O-]c1ccccc1C=Nc1ccccc1[O-].[O-]c1ccccc1C=Nc1ccccc1[O-].[V].[V]. The van der Waals surface area contributed by atoms with E-state index in [0.29, 0.717) is 22.5 Å². The van der Waals surface area contributed by atoms with Gasteiger partial charge in [0.25, 0.3) is 0 Å². The van der Waals surface area contributed by atoms with Crippen LogP contribution in [0.2, 0.25) is 0 Å². The predicted molar refractivity (Wildman–Crippen MR) is 148 cm³/mol. The molecule has 0 saturated carbocycles. The predicted octanol–water partition coefficient (Wildman–Crippen LogP) is 0.0962. The normalized spacial score (nSPS) is 8.36. The summed E-state index contributed by atoms with van der Waals surface area (Å²) in [5.41, 5.74) is 1.63. The molecule has 4 rings (SSSR count). The molecule has 0 aliphatic rings. The number of nitrogens with zero attached hydrogens (tertiary/aromatic N) is 2. The van der Waals surface area contributed by atoms with Gasteiger partial charge in [0.1, 0.15) is 0 Å². The zero-order valence-electron chi connectivity index (χ0n) is 24.3. The smallest absolute Gasteiger partial charge is 0.0551 e. The van der Waals surface area contributed by atoms with Gasteiger partial charge < -0.3 is 51.8 Å². The molecule has 0 aliphatic carbocycles. The van der Waals surface area contributed by atoms with Gasteiger partial charge >= 0.3 is 0 Å². The number of para-hydroxylation sites is 6. The second-order valence-corrected chi connectivity index (χ2v) is 6.53. The maximum absolute atomic E-state index is 11.4. The van der Waals surface area contributed by atoms with Gasteiger partial charge in [-0.1, -0.05) is 96.4 Å². The van der Waals surface area contributed by atoms with Gasteiger partial charge in [-0.15, -0.1) is 11.5 Å². The second kappa shape index (κ2) is 35.5. The fourth-order valence-corrected chi connectivity index (χ4v) is 2.58. The van der Waals surface area contributed by atoms with Crippen molar-refractivity contribution in [3.8, 4) is 23.0 Å². The Bertz CT molecular complexity index is 1070. The van der Waals surface area contributed by atoms with Crippen molar-refractivity contribution in [3.63, 3.8) is 0 Å². The molecule has 0 saturated heterocycles. The molecule has 0 spiro atoms. The summed E-state index contributed by atoms with van der Waals surface area (Å²) in [5.74, 6) is -0.506. The molecule has 0 aliphatic heterocycles. The van der Waals surface area contributed by atoms with E-state index >= 15 is 0 Å². The Labute approximate surface area is 281 Å². The third kappa shape index (κ3) is 21.1. The third-order valence-electron chi connectivity index (χ3n) is 4.25. The van der Waals surface area contributed by atoms with Crippen molar-refractivity contribution in [1.29, 1.82) is 0 Å². The van der Waals surface area contributed by atoms with Crippen LogP contribution < -0.4 is 30.6 Å². The van der Waals surface area contributed by atoms with Gasteiger partial charge in [0, 0.05) is 63.8 Å². The molecule has 0 fully saturated rings. The minimum absolute atomic E-state index is 0. The molecule has 4 aromatic carbocycles. The molecule has 44 heavy (non-hydrogen) atoms. The van der Waals surface area contributed by atoms with Crippen molar-refractivity contribution in [2.45, 2.75) is 0 Å². The van der Waals surface area contributed by atoms with Gasteiger partial charge in [0.05, 0.1) is 11.4 Å². The van der Waals surface area contributed by atoms with Crippen LogP contribution in [0.4, 0.5) is 11.4 Å². The molecule has 242 valence electrons. The van der Waals surface area contributed by atoms with E-state index in [1.165, 1.54) is 36.7 Å². The van der Waals surface area contributed by atoms with Gasteiger partial charge in [0.2, 0.25) is 0 Å². The Morgan fingerprint density at radius 1 is 0.432 bits per heavy atom. The molecule has 12 nitrogen and oxygen atoms in total. The first-order valence-corrected chi connectivity index (χ1v) is 11.4. The molecule has 2 N–H and O–H groups in total.